The van der Waals surface area contributed by atoms with E-state index in [9.17, 15) is 4.79 Å². The first-order valence-electron chi connectivity index (χ1n) is 10.2. The number of nitrogens with zero attached hydrogens (tertiary/aromatic N) is 1. The van der Waals surface area contributed by atoms with Gasteiger partial charge in [-0.15, -0.1) is 0 Å². The summed E-state index contributed by atoms with van der Waals surface area (Å²) in [6, 6.07) is 16.3. The summed E-state index contributed by atoms with van der Waals surface area (Å²) in [5.74, 6) is -0.0419. The quantitative estimate of drug-likeness (QED) is 0.565. The van der Waals surface area contributed by atoms with Crippen LogP contribution in [0.5, 0.6) is 0 Å². The number of fused-ring (bicyclic) bond motifs is 1. The number of hydrogen-bond acceptors (Lipinski definition) is 2. The number of hydrogen-bond donors (Lipinski definition) is 3. The number of likely N-dealkylation sites (N-methyl/N-ethyl adjacent to an activating group) is 1. The van der Waals surface area contributed by atoms with Crippen LogP contribution in [-0.2, 0) is 0 Å². The molecule has 4 rings (SSSR count). The average molecular weight is 411 g/mol. The third-order valence-electron chi connectivity index (χ3n) is 5.91. The Labute approximate surface area is 176 Å². The van der Waals surface area contributed by atoms with Crippen LogP contribution in [-0.4, -0.2) is 48.6 Å². The van der Waals surface area contributed by atoms with E-state index in [-0.39, 0.29) is 11.9 Å². The van der Waals surface area contributed by atoms with Crippen molar-refractivity contribution in [2.24, 2.45) is 0 Å². The molecular formula is C23H27ClN4O. The molecule has 2 heterocycles. The van der Waals surface area contributed by atoms with E-state index < -0.39 is 0 Å². The van der Waals surface area contributed by atoms with E-state index in [1.165, 1.54) is 6.42 Å². The fraction of sp³-hybridized carbons (Fsp3) is 0.348. The molecule has 0 spiro atoms. The smallest absolute Gasteiger partial charge is 0.314 e. The first-order valence-corrected chi connectivity index (χ1v) is 10.5. The van der Waals surface area contributed by atoms with Crippen molar-refractivity contribution >= 4 is 28.5 Å². The van der Waals surface area contributed by atoms with Crippen LogP contribution in [0.2, 0.25) is 5.02 Å². The number of para-hydroxylation sites is 1. The Morgan fingerprint density at radius 2 is 1.97 bits per heavy atom. The number of nitrogens with one attached hydrogen (secondary N) is 3. The van der Waals surface area contributed by atoms with Crippen molar-refractivity contribution in [1.82, 2.24) is 20.5 Å². The minimum absolute atomic E-state index is 0.0419. The van der Waals surface area contributed by atoms with Gasteiger partial charge in [0.25, 0.3) is 0 Å². The minimum Gasteiger partial charge on any atom is -0.361 e. The third-order valence-corrected chi connectivity index (χ3v) is 6.26. The van der Waals surface area contributed by atoms with Gasteiger partial charge in [-0.05, 0) is 49.7 Å². The molecule has 0 aliphatic carbocycles. The van der Waals surface area contributed by atoms with Gasteiger partial charge in [-0.2, -0.15) is 0 Å². The molecule has 0 saturated carbocycles. The van der Waals surface area contributed by atoms with Crippen LogP contribution in [0.25, 0.3) is 10.9 Å². The van der Waals surface area contributed by atoms with Crippen molar-refractivity contribution in [2.75, 3.05) is 26.7 Å². The fourth-order valence-corrected chi connectivity index (χ4v) is 4.50. The van der Waals surface area contributed by atoms with Gasteiger partial charge in [-0.1, -0.05) is 48.0 Å². The number of benzene rings is 2. The van der Waals surface area contributed by atoms with Gasteiger partial charge in [0, 0.05) is 47.2 Å². The second-order valence-corrected chi connectivity index (χ2v) is 8.14. The molecule has 5 nitrogen and oxygen atoms in total. The van der Waals surface area contributed by atoms with Crippen molar-refractivity contribution in [1.29, 1.82) is 0 Å². The number of likely N-dealkylation sites (tertiary alicyclic amines) is 1. The van der Waals surface area contributed by atoms with Gasteiger partial charge in [0.05, 0.1) is 0 Å². The summed E-state index contributed by atoms with van der Waals surface area (Å²) in [5.41, 5.74) is 3.22. The van der Waals surface area contributed by atoms with Crippen molar-refractivity contribution in [3.8, 4) is 0 Å². The summed E-state index contributed by atoms with van der Waals surface area (Å²) in [5, 5.41) is 7.94. The lowest BCUT2D eigenvalue weighted by molar-refractivity contribution is 0.234. The monoisotopic (exact) mass is 410 g/mol. The number of aromatic amines is 1. The summed E-state index contributed by atoms with van der Waals surface area (Å²) in [6.45, 7) is 2.24. The van der Waals surface area contributed by atoms with Crippen LogP contribution in [0.4, 0.5) is 4.79 Å². The van der Waals surface area contributed by atoms with Crippen LogP contribution >= 0.6 is 11.6 Å². The van der Waals surface area contributed by atoms with Gasteiger partial charge in [-0.3, -0.25) is 0 Å². The summed E-state index contributed by atoms with van der Waals surface area (Å²) in [4.78, 5) is 18.1. The number of carbonyl (C=O) groups is 1. The van der Waals surface area contributed by atoms with E-state index in [1.54, 1.807) is 0 Å². The molecule has 152 valence electrons. The molecule has 2 unspecified atom stereocenters. The zero-order valence-corrected chi connectivity index (χ0v) is 17.4. The Kier molecular flexibility index (Phi) is 6.07. The molecule has 1 aromatic heterocycles. The Balaban J connectivity index is 1.50. The second-order valence-electron chi connectivity index (χ2n) is 7.73. The predicted octanol–water partition coefficient (Wildman–Crippen LogP) is 4.35. The Hall–Kier alpha value is -2.50. The first kappa shape index (κ1) is 19.8. The maximum Gasteiger partial charge on any atom is 0.314 e. The lowest BCUT2D eigenvalue weighted by atomic mass is 9.91. The number of carbonyl (C=O) groups excluding carboxylic acids is 1. The van der Waals surface area contributed by atoms with E-state index in [1.807, 2.05) is 42.6 Å². The normalized spacial score (nSPS) is 18.1. The van der Waals surface area contributed by atoms with E-state index in [2.05, 4.69) is 39.7 Å². The molecule has 1 aliphatic rings. The highest BCUT2D eigenvalue weighted by molar-refractivity contribution is 6.31. The van der Waals surface area contributed by atoms with E-state index in [4.69, 9.17) is 11.6 Å². The highest BCUT2D eigenvalue weighted by Gasteiger charge is 2.23. The molecule has 2 atom stereocenters. The number of urea groups is 1. The number of amides is 2. The Morgan fingerprint density at radius 1 is 1.17 bits per heavy atom. The largest absolute Gasteiger partial charge is 0.361 e. The lowest BCUT2D eigenvalue weighted by Crippen LogP contribution is -2.44. The van der Waals surface area contributed by atoms with Crippen LogP contribution in [0.3, 0.4) is 0 Å². The predicted molar refractivity (Wildman–Crippen MR) is 119 cm³/mol. The van der Waals surface area contributed by atoms with Gasteiger partial charge < -0.3 is 20.5 Å². The molecule has 6 heteroatoms. The molecular weight excluding hydrogens is 384 g/mol. The molecule has 3 N–H and O–H groups in total. The molecule has 1 fully saturated rings. The van der Waals surface area contributed by atoms with Gasteiger partial charge >= 0.3 is 6.03 Å². The Morgan fingerprint density at radius 3 is 2.76 bits per heavy atom. The maximum atomic E-state index is 12.5. The van der Waals surface area contributed by atoms with Crippen LogP contribution in [0.1, 0.15) is 29.9 Å². The highest BCUT2D eigenvalue weighted by Crippen LogP contribution is 2.34. The average Bonchev–Trinajstić information content (AvgIpc) is 3.34. The molecule has 3 aromatic rings. The molecule has 2 amide bonds. The zero-order valence-electron chi connectivity index (χ0n) is 16.6. The summed E-state index contributed by atoms with van der Waals surface area (Å²) < 4.78 is 0. The van der Waals surface area contributed by atoms with Crippen LogP contribution in [0, 0.1) is 0 Å². The SMILES string of the molecule is CN1CCCC1CNC(=O)NCC(c1ccccc1Cl)c1c[nH]c2ccccc12. The molecule has 29 heavy (non-hydrogen) atoms. The highest BCUT2D eigenvalue weighted by atomic mass is 35.5. The lowest BCUT2D eigenvalue weighted by Gasteiger charge is -2.22. The van der Waals surface area contributed by atoms with Gasteiger partial charge in [0.1, 0.15) is 0 Å². The third kappa shape index (κ3) is 4.41. The summed E-state index contributed by atoms with van der Waals surface area (Å²) in [6.07, 6.45) is 4.35. The zero-order chi connectivity index (χ0) is 20.2. The summed E-state index contributed by atoms with van der Waals surface area (Å²) in [7, 11) is 2.11. The Bertz CT molecular complexity index is 986. The molecule has 0 radical (unpaired) electrons. The van der Waals surface area contributed by atoms with E-state index in [0.29, 0.717) is 24.2 Å². The fourth-order valence-electron chi connectivity index (χ4n) is 4.23. The van der Waals surface area contributed by atoms with Crippen molar-refractivity contribution < 1.29 is 4.79 Å². The molecule has 1 saturated heterocycles. The van der Waals surface area contributed by atoms with Gasteiger partial charge in [0.15, 0.2) is 0 Å². The number of rotatable bonds is 6. The van der Waals surface area contributed by atoms with E-state index >= 15 is 0 Å². The van der Waals surface area contributed by atoms with Crippen LogP contribution < -0.4 is 10.6 Å². The van der Waals surface area contributed by atoms with Crippen molar-refractivity contribution in [3.63, 3.8) is 0 Å². The van der Waals surface area contributed by atoms with Crippen molar-refractivity contribution in [2.45, 2.75) is 24.8 Å². The first-order chi connectivity index (χ1) is 14.1. The van der Waals surface area contributed by atoms with Crippen molar-refractivity contribution in [3.05, 3.63) is 70.9 Å². The maximum absolute atomic E-state index is 12.5. The minimum atomic E-state index is -0.137. The van der Waals surface area contributed by atoms with Crippen LogP contribution in [0.15, 0.2) is 54.7 Å². The topological polar surface area (TPSA) is 60.2 Å². The number of aromatic nitrogens is 1. The molecule has 2 aromatic carbocycles. The number of halogens is 1. The van der Waals surface area contributed by atoms with E-state index in [0.717, 1.165) is 35.0 Å². The van der Waals surface area contributed by atoms with Gasteiger partial charge in [-0.25, -0.2) is 4.79 Å². The second kappa shape index (κ2) is 8.89. The summed E-state index contributed by atoms with van der Waals surface area (Å²) >= 11 is 6.52. The molecule has 1 aliphatic heterocycles. The standard InChI is InChI=1S/C23H27ClN4O/c1-28-12-6-7-16(28)13-26-23(29)27-15-19(17-8-2-4-10-21(17)24)20-14-25-22-11-5-3-9-18(20)22/h2-5,8-11,14,16,19,25H,6-7,12-13,15H2,1H3,(H2,26,27,29). The number of H-pyrrole nitrogens is 1. The van der Waals surface area contributed by atoms with Gasteiger partial charge in [0.2, 0.25) is 0 Å². The molecule has 0 bridgehead atoms.